The van der Waals surface area contributed by atoms with Crippen LogP contribution in [0.25, 0.3) is 22.2 Å². The van der Waals surface area contributed by atoms with E-state index in [1.165, 1.54) is 37.6 Å². The Morgan fingerprint density at radius 3 is 2.65 bits per heavy atom. The van der Waals surface area contributed by atoms with Gasteiger partial charge in [-0.25, -0.2) is 4.98 Å². The summed E-state index contributed by atoms with van der Waals surface area (Å²) in [6.45, 7) is 1.67. The van der Waals surface area contributed by atoms with Crippen LogP contribution < -0.4 is 10.6 Å². The van der Waals surface area contributed by atoms with Gasteiger partial charge in [0.2, 0.25) is 0 Å². The van der Waals surface area contributed by atoms with Crippen LogP contribution in [0.15, 0.2) is 35.6 Å². The summed E-state index contributed by atoms with van der Waals surface area (Å²) < 4.78 is 2.36. The largest absolute Gasteiger partial charge is 0.373 e. The number of anilines is 1. The van der Waals surface area contributed by atoms with Crippen molar-refractivity contribution >= 4 is 34.5 Å². The summed E-state index contributed by atoms with van der Waals surface area (Å²) in [5.41, 5.74) is 13.4. The average Bonchev–Trinajstić information content (AvgIpc) is 3.48. The molecule has 1 aromatic heterocycles. The van der Waals surface area contributed by atoms with Gasteiger partial charge in [0.15, 0.2) is 0 Å². The standard InChI is InChI=1S/C27H34N6O/c1-31(2)13-14-32(3)24-16-21(26-20(11-12-29-26)25(24)27(28)34)18-9-10-23-22(15-18)30-17-33(23)19-7-5-4-6-8-19/h9-10,12,15-17,19H,4-8,11,13-14H2,1-3H3,(H2,28,34). The molecule has 2 aliphatic rings. The molecule has 0 spiro atoms. The molecule has 0 saturated heterocycles. The number of imidazole rings is 1. The maximum absolute atomic E-state index is 12.5. The van der Waals surface area contributed by atoms with E-state index < -0.39 is 5.91 Å². The SMILES string of the molecule is CN(C)CCN(C)c1cc(-c2ccc3c(c2)ncn3C2CCCCC2)c2c(c1C(N)=O)CC=N2. The smallest absolute Gasteiger partial charge is 0.251 e. The Hall–Kier alpha value is -3.19. The van der Waals surface area contributed by atoms with Crippen LogP contribution >= 0.6 is 0 Å². The highest BCUT2D eigenvalue weighted by atomic mass is 16.1. The molecule has 1 fully saturated rings. The Balaban J connectivity index is 1.59. The van der Waals surface area contributed by atoms with Crippen LogP contribution in [0.5, 0.6) is 0 Å². The Bertz CT molecular complexity index is 1250. The molecule has 7 heteroatoms. The Kier molecular flexibility index (Phi) is 6.13. The van der Waals surface area contributed by atoms with E-state index in [-0.39, 0.29) is 0 Å². The van der Waals surface area contributed by atoms with Gasteiger partial charge in [-0.2, -0.15) is 0 Å². The van der Waals surface area contributed by atoms with Crippen LogP contribution in [0.3, 0.4) is 0 Å². The van der Waals surface area contributed by atoms with E-state index in [1.54, 1.807) is 0 Å². The maximum atomic E-state index is 12.5. The fraction of sp³-hybridized carbons (Fsp3) is 0.444. The zero-order valence-electron chi connectivity index (χ0n) is 20.4. The highest BCUT2D eigenvalue weighted by Gasteiger charge is 2.26. The lowest BCUT2D eigenvalue weighted by Gasteiger charge is -2.26. The third kappa shape index (κ3) is 4.09. The van der Waals surface area contributed by atoms with Crippen molar-refractivity contribution in [1.29, 1.82) is 0 Å². The number of benzene rings is 2. The van der Waals surface area contributed by atoms with Crippen LogP contribution in [-0.4, -0.2) is 60.8 Å². The molecule has 1 aliphatic carbocycles. The van der Waals surface area contributed by atoms with E-state index in [4.69, 9.17) is 10.7 Å². The Morgan fingerprint density at radius 2 is 1.91 bits per heavy atom. The molecule has 1 saturated carbocycles. The second kappa shape index (κ2) is 9.22. The first-order chi connectivity index (χ1) is 16.4. The van der Waals surface area contributed by atoms with Gasteiger partial charge in [-0.05, 0) is 56.3 Å². The molecule has 2 N–H and O–H groups in total. The van der Waals surface area contributed by atoms with E-state index in [9.17, 15) is 4.79 Å². The van der Waals surface area contributed by atoms with Crippen molar-refractivity contribution in [3.05, 3.63) is 41.7 Å². The van der Waals surface area contributed by atoms with Gasteiger partial charge in [0, 0.05) is 44.4 Å². The van der Waals surface area contributed by atoms with Crippen LogP contribution in [0.4, 0.5) is 11.4 Å². The van der Waals surface area contributed by atoms with Gasteiger partial charge in [-0.1, -0.05) is 25.3 Å². The quantitative estimate of drug-likeness (QED) is 0.563. The van der Waals surface area contributed by atoms with Gasteiger partial charge in [-0.3, -0.25) is 9.79 Å². The summed E-state index contributed by atoms with van der Waals surface area (Å²) in [6, 6.07) is 9.14. The maximum Gasteiger partial charge on any atom is 0.251 e. The molecule has 0 unspecified atom stereocenters. The fourth-order valence-corrected chi connectivity index (χ4v) is 5.40. The molecule has 2 aromatic carbocycles. The number of nitrogens with two attached hydrogens (primary N) is 1. The van der Waals surface area contributed by atoms with Gasteiger partial charge >= 0.3 is 0 Å². The highest BCUT2D eigenvalue weighted by molar-refractivity contribution is 6.06. The number of hydrogen-bond acceptors (Lipinski definition) is 5. The number of fused-ring (bicyclic) bond motifs is 2. The zero-order valence-corrected chi connectivity index (χ0v) is 20.4. The number of nitrogens with zero attached hydrogens (tertiary/aromatic N) is 5. The Morgan fingerprint density at radius 1 is 1.12 bits per heavy atom. The first kappa shape index (κ1) is 22.6. The second-order valence-corrected chi connectivity index (χ2v) is 9.90. The van der Waals surface area contributed by atoms with Crippen molar-refractivity contribution in [3.63, 3.8) is 0 Å². The molecule has 1 aliphatic heterocycles. The van der Waals surface area contributed by atoms with Gasteiger partial charge in [0.1, 0.15) is 0 Å². The lowest BCUT2D eigenvalue weighted by molar-refractivity contribution is 0.1000. The predicted octanol–water partition coefficient (Wildman–Crippen LogP) is 4.56. The molecule has 5 rings (SSSR count). The van der Waals surface area contributed by atoms with Crippen molar-refractivity contribution in [1.82, 2.24) is 14.5 Å². The first-order valence-corrected chi connectivity index (χ1v) is 12.3. The minimum Gasteiger partial charge on any atom is -0.373 e. The number of carbonyl (C=O) groups excluding carboxylic acids is 1. The van der Waals surface area contributed by atoms with Crippen molar-refractivity contribution in [2.24, 2.45) is 10.7 Å². The average molecular weight is 459 g/mol. The molecule has 1 amide bonds. The van der Waals surface area contributed by atoms with Gasteiger partial charge in [0.25, 0.3) is 5.91 Å². The summed E-state index contributed by atoms with van der Waals surface area (Å²) in [5.74, 6) is -0.401. The predicted molar refractivity (Wildman–Crippen MR) is 139 cm³/mol. The van der Waals surface area contributed by atoms with Crippen molar-refractivity contribution < 1.29 is 4.79 Å². The number of rotatable bonds is 7. The summed E-state index contributed by atoms with van der Waals surface area (Å²) in [6.07, 6.45) is 10.9. The lowest BCUT2D eigenvalue weighted by Crippen LogP contribution is -2.30. The van der Waals surface area contributed by atoms with Crippen molar-refractivity contribution in [3.8, 4) is 11.1 Å². The van der Waals surface area contributed by atoms with E-state index >= 15 is 0 Å². The van der Waals surface area contributed by atoms with Crippen molar-refractivity contribution in [2.45, 2.75) is 44.6 Å². The lowest BCUT2D eigenvalue weighted by atomic mass is 9.93. The normalized spacial score (nSPS) is 15.9. The summed E-state index contributed by atoms with van der Waals surface area (Å²) in [4.78, 5) is 26.2. The van der Waals surface area contributed by atoms with Gasteiger partial charge in [-0.15, -0.1) is 0 Å². The third-order valence-electron chi connectivity index (χ3n) is 7.29. The minimum absolute atomic E-state index is 0.401. The molecule has 2 heterocycles. The molecular weight excluding hydrogens is 424 g/mol. The van der Waals surface area contributed by atoms with Crippen LogP contribution in [0.2, 0.25) is 0 Å². The molecule has 0 radical (unpaired) electrons. The number of hydrogen-bond donors (Lipinski definition) is 1. The van der Waals surface area contributed by atoms with E-state index in [1.807, 2.05) is 33.7 Å². The second-order valence-electron chi connectivity index (χ2n) is 9.90. The van der Waals surface area contributed by atoms with E-state index in [0.717, 1.165) is 46.7 Å². The fourth-order valence-electron chi connectivity index (χ4n) is 5.40. The minimum atomic E-state index is -0.401. The zero-order chi connectivity index (χ0) is 23.8. The number of likely N-dealkylation sites (N-methyl/N-ethyl adjacent to an activating group) is 2. The van der Waals surface area contributed by atoms with Gasteiger partial charge < -0.3 is 20.1 Å². The van der Waals surface area contributed by atoms with E-state index in [2.05, 4.69) is 43.6 Å². The monoisotopic (exact) mass is 458 g/mol. The molecule has 0 atom stereocenters. The highest BCUT2D eigenvalue weighted by Crippen LogP contribution is 2.43. The molecular formula is C27H34N6O. The van der Waals surface area contributed by atoms with Gasteiger partial charge in [0.05, 0.1) is 34.3 Å². The Labute approximate surface area is 201 Å². The van der Waals surface area contributed by atoms with Crippen LogP contribution in [0.1, 0.15) is 54.1 Å². The number of amides is 1. The molecule has 3 aromatic rings. The van der Waals surface area contributed by atoms with Crippen LogP contribution in [-0.2, 0) is 6.42 Å². The van der Waals surface area contributed by atoms with Crippen LogP contribution in [0, 0.1) is 0 Å². The van der Waals surface area contributed by atoms with Crippen molar-refractivity contribution in [2.75, 3.05) is 39.1 Å². The third-order valence-corrected chi connectivity index (χ3v) is 7.29. The molecule has 34 heavy (non-hydrogen) atoms. The first-order valence-electron chi connectivity index (χ1n) is 12.3. The number of primary amides is 1. The summed E-state index contributed by atoms with van der Waals surface area (Å²) in [7, 11) is 6.12. The molecule has 178 valence electrons. The number of carbonyl (C=O) groups is 1. The topological polar surface area (TPSA) is 79.8 Å². The molecule has 0 bridgehead atoms. The summed E-state index contributed by atoms with van der Waals surface area (Å²) in [5, 5.41) is 0. The summed E-state index contributed by atoms with van der Waals surface area (Å²) >= 11 is 0. The number of aromatic nitrogens is 2. The van der Waals surface area contributed by atoms with E-state index in [0.29, 0.717) is 18.0 Å². The molecule has 7 nitrogen and oxygen atoms in total. The number of aliphatic imine (C=N–C) groups is 1.